The van der Waals surface area contributed by atoms with Crippen molar-refractivity contribution in [2.24, 2.45) is 0 Å². The minimum atomic E-state index is -3.31. The molecule has 6 heteroatoms. The first-order valence-electron chi connectivity index (χ1n) is 5.45. The molecule has 0 spiro atoms. The fourth-order valence-electron chi connectivity index (χ4n) is 1.17. The molecule has 0 unspecified atom stereocenters. The van der Waals surface area contributed by atoms with Crippen molar-refractivity contribution in [2.75, 3.05) is 19.5 Å². The average molecular weight is 252 g/mol. The topological polar surface area (TPSA) is 69.7 Å². The maximum Gasteiger partial charge on any atom is 0.305 e. The summed E-state index contributed by atoms with van der Waals surface area (Å²) < 4.78 is 30.5. The van der Waals surface area contributed by atoms with Crippen molar-refractivity contribution < 1.29 is 22.1 Å². The van der Waals surface area contributed by atoms with Crippen molar-refractivity contribution >= 4 is 16.1 Å². The Morgan fingerprint density at radius 3 is 2.31 bits per heavy atom. The smallest absolute Gasteiger partial charge is 0.305 e. The summed E-state index contributed by atoms with van der Waals surface area (Å²) in [6.07, 6.45) is 4.67. The second-order valence-corrected chi connectivity index (χ2v) is 5.14. The van der Waals surface area contributed by atoms with Crippen LogP contribution in [0.5, 0.6) is 0 Å². The minimum absolute atomic E-state index is 0.171. The lowest BCUT2D eigenvalue weighted by Crippen LogP contribution is -2.04. The molecule has 0 amide bonds. The van der Waals surface area contributed by atoms with Gasteiger partial charge < -0.3 is 4.74 Å². The molecule has 0 aliphatic carbocycles. The van der Waals surface area contributed by atoms with E-state index >= 15 is 0 Å². The molecule has 0 radical (unpaired) electrons. The molecule has 0 aliphatic heterocycles. The van der Waals surface area contributed by atoms with Gasteiger partial charge in [-0.1, -0.05) is 12.8 Å². The summed E-state index contributed by atoms with van der Waals surface area (Å²) in [6, 6.07) is 0. The van der Waals surface area contributed by atoms with E-state index in [2.05, 4.69) is 4.18 Å². The molecule has 0 fully saturated rings. The van der Waals surface area contributed by atoms with E-state index in [0.29, 0.717) is 19.4 Å². The van der Waals surface area contributed by atoms with Crippen molar-refractivity contribution in [1.29, 1.82) is 0 Å². The Balaban J connectivity index is 3.25. The number of hydrogen-bond donors (Lipinski definition) is 0. The standard InChI is InChI=1S/C10H20O5S/c1-3-14-10(11)8-6-4-5-7-9-15-16(2,12)13/h3-9H2,1-2H3. The molecular formula is C10H20O5S. The largest absolute Gasteiger partial charge is 0.466 e. The van der Waals surface area contributed by atoms with Gasteiger partial charge in [0.2, 0.25) is 0 Å². The second-order valence-electron chi connectivity index (χ2n) is 3.50. The van der Waals surface area contributed by atoms with Crippen molar-refractivity contribution in [3.63, 3.8) is 0 Å². The van der Waals surface area contributed by atoms with E-state index in [1.165, 1.54) is 0 Å². The number of hydrogen-bond acceptors (Lipinski definition) is 5. The van der Waals surface area contributed by atoms with Crippen molar-refractivity contribution in [3.8, 4) is 0 Å². The monoisotopic (exact) mass is 252 g/mol. The zero-order valence-corrected chi connectivity index (χ0v) is 10.7. The molecule has 5 nitrogen and oxygen atoms in total. The molecule has 0 aromatic heterocycles. The van der Waals surface area contributed by atoms with Crippen LogP contribution in [-0.2, 0) is 23.8 Å². The molecule has 0 aromatic rings. The molecule has 0 bridgehead atoms. The number of ether oxygens (including phenoxy) is 1. The number of unbranched alkanes of at least 4 members (excludes halogenated alkanes) is 3. The van der Waals surface area contributed by atoms with Gasteiger partial charge in [-0.2, -0.15) is 8.42 Å². The maximum atomic E-state index is 10.9. The Labute approximate surface area is 97.2 Å². The van der Waals surface area contributed by atoms with E-state index in [1.54, 1.807) is 6.92 Å². The highest BCUT2D eigenvalue weighted by atomic mass is 32.2. The zero-order chi connectivity index (χ0) is 12.4. The van der Waals surface area contributed by atoms with Crippen LogP contribution in [0.15, 0.2) is 0 Å². The Morgan fingerprint density at radius 1 is 1.12 bits per heavy atom. The predicted octanol–water partition coefficient (Wildman–Crippen LogP) is 1.48. The van der Waals surface area contributed by atoms with Gasteiger partial charge in [0.1, 0.15) is 0 Å². The van der Waals surface area contributed by atoms with Gasteiger partial charge in [0, 0.05) is 6.42 Å². The maximum absolute atomic E-state index is 10.9. The Bertz CT molecular complexity index is 284. The molecule has 0 aromatic carbocycles. The van der Waals surface area contributed by atoms with Gasteiger partial charge in [-0.25, -0.2) is 0 Å². The lowest BCUT2D eigenvalue weighted by Gasteiger charge is -2.02. The molecular weight excluding hydrogens is 232 g/mol. The van der Waals surface area contributed by atoms with Crippen LogP contribution >= 0.6 is 0 Å². The van der Waals surface area contributed by atoms with Crippen LogP contribution in [0.1, 0.15) is 39.0 Å². The van der Waals surface area contributed by atoms with Crippen molar-refractivity contribution in [2.45, 2.75) is 39.0 Å². The van der Waals surface area contributed by atoms with E-state index in [1.807, 2.05) is 0 Å². The first-order valence-corrected chi connectivity index (χ1v) is 7.27. The van der Waals surface area contributed by atoms with Crippen molar-refractivity contribution in [3.05, 3.63) is 0 Å². The van der Waals surface area contributed by atoms with E-state index in [0.717, 1.165) is 25.5 Å². The highest BCUT2D eigenvalue weighted by Crippen LogP contribution is 2.05. The molecule has 0 N–H and O–H groups in total. The quantitative estimate of drug-likeness (QED) is 0.353. The average Bonchev–Trinajstić information content (AvgIpc) is 2.15. The van der Waals surface area contributed by atoms with Crippen LogP contribution in [-0.4, -0.2) is 33.9 Å². The summed E-state index contributed by atoms with van der Waals surface area (Å²) in [5, 5.41) is 0. The normalized spacial score (nSPS) is 11.4. The van der Waals surface area contributed by atoms with Gasteiger partial charge in [0.15, 0.2) is 0 Å². The highest BCUT2D eigenvalue weighted by Gasteiger charge is 2.02. The zero-order valence-electron chi connectivity index (χ0n) is 9.90. The Kier molecular flexibility index (Phi) is 8.19. The van der Waals surface area contributed by atoms with Gasteiger partial charge >= 0.3 is 5.97 Å². The van der Waals surface area contributed by atoms with Crippen LogP contribution in [0.25, 0.3) is 0 Å². The summed E-state index contributed by atoms with van der Waals surface area (Å²) in [6.45, 7) is 2.42. The molecule has 0 rings (SSSR count). The van der Waals surface area contributed by atoms with Crippen LogP contribution < -0.4 is 0 Å². The van der Waals surface area contributed by atoms with Gasteiger partial charge in [0.25, 0.3) is 10.1 Å². The summed E-state index contributed by atoms with van der Waals surface area (Å²) in [7, 11) is -3.31. The minimum Gasteiger partial charge on any atom is -0.466 e. The fourth-order valence-corrected chi connectivity index (χ4v) is 1.59. The molecule has 0 heterocycles. The number of carbonyl (C=O) groups is 1. The molecule has 16 heavy (non-hydrogen) atoms. The third-order valence-electron chi connectivity index (χ3n) is 1.88. The third-order valence-corrected chi connectivity index (χ3v) is 2.47. The summed E-state index contributed by atoms with van der Waals surface area (Å²) >= 11 is 0. The molecule has 0 saturated heterocycles. The van der Waals surface area contributed by atoms with E-state index in [4.69, 9.17) is 4.74 Å². The lowest BCUT2D eigenvalue weighted by atomic mass is 10.1. The van der Waals surface area contributed by atoms with E-state index < -0.39 is 10.1 Å². The first-order chi connectivity index (χ1) is 7.45. The van der Waals surface area contributed by atoms with Crippen molar-refractivity contribution in [1.82, 2.24) is 0 Å². The van der Waals surface area contributed by atoms with Crippen LogP contribution in [0.4, 0.5) is 0 Å². The molecule has 0 aliphatic rings. The SMILES string of the molecule is CCOC(=O)CCCCCCOS(C)(=O)=O. The fraction of sp³-hybridized carbons (Fsp3) is 0.900. The molecule has 0 saturated carbocycles. The number of carbonyl (C=O) groups excluding carboxylic acids is 1. The highest BCUT2D eigenvalue weighted by molar-refractivity contribution is 7.85. The second kappa shape index (κ2) is 8.52. The van der Waals surface area contributed by atoms with Crippen LogP contribution in [0.2, 0.25) is 0 Å². The van der Waals surface area contributed by atoms with Gasteiger partial charge in [-0.15, -0.1) is 0 Å². The summed E-state index contributed by atoms with van der Waals surface area (Å²) in [4.78, 5) is 10.9. The van der Waals surface area contributed by atoms with Crippen LogP contribution in [0.3, 0.4) is 0 Å². The Hall–Kier alpha value is -0.620. The molecule has 0 atom stereocenters. The summed E-state index contributed by atoms with van der Waals surface area (Å²) in [5.41, 5.74) is 0. The Morgan fingerprint density at radius 2 is 1.75 bits per heavy atom. The lowest BCUT2D eigenvalue weighted by molar-refractivity contribution is -0.143. The van der Waals surface area contributed by atoms with Crippen LogP contribution in [0, 0.1) is 0 Å². The summed E-state index contributed by atoms with van der Waals surface area (Å²) in [5.74, 6) is -0.171. The van der Waals surface area contributed by atoms with Gasteiger partial charge in [-0.05, 0) is 19.8 Å². The first kappa shape index (κ1) is 15.4. The number of rotatable bonds is 9. The number of esters is 1. The molecule has 96 valence electrons. The van der Waals surface area contributed by atoms with Gasteiger partial charge in [-0.3, -0.25) is 8.98 Å². The van der Waals surface area contributed by atoms with E-state index in [9.17, 15) is 13.2 Å². The third kappa shape index (κ3) is 11.5. The predicted molar refractivity (Wildman–Crippen MR) is 60.5 cm³/mol. The van der Waals surface area contributed by atoms with Gasteiger partial charge in [0.05, 0.1) is 19.5 Å². The van der Waals surface area contributed by atoms with E-state index in [-0.39, 0.29) is 12.6 Å².